The number of rotatable bonds is 2. The summed E-state index contributed by atoms with van der Waals surface area (Å²) < 4.78 is 24.3. The maximum absolute atomic E-state index is 12.2. The third kappa shape index (κ3) is 1.98. The molecule has 0 saturated heterocycles. The number of aromatic hydroxyl groups is 1. The van der Waals surface area contributed by atoms with Crippen LogP contribution in [-0.2, 0) is 5.88 Å². The van der Waals surface area contributed by atoms with E-state index in [4.69, 9.17) is 17.3 Å². The van der Waals surface area contributed by atoms with Crippen molar-refractivity contribution < 1.29 is 13.9 Å². The van der Waals surface area contributed by atoms with Crippen molar-refractivity contribution in [1.82, 2.24) is 4.98 Å². The fourth-order valence-corrected chi connectivity index (χ4v) is 1.03. The van der Waals surface area contributed by atoms with Gasteiger partial charge >= 0.3 is 0 Å². The molecule has 0 amide bonds. The first kappa shape index (κ1) is 9.98. The number of nitrogens with two attached hydrogens (primary N) is 1. The lowest BCUT2D eigenvalue weighted by molar-refractivity contribution is 0.146. The second-order valence-corrected chi connectivity index (χ2v) is 2.63. The highest BCUT2D eigenvalue weighted by atomic mass is 35.5. The predicted octanol–water partition coefficient (Wildman–Crippen LogP) is 2.05. The molecule has 1 rings (SSSR count). The first-order valence-electron chi connectivity index (χ1n) is 3.38. The van der Waals surface area contributed by atoms with Crippen LogP contribution in [0, 0.1) is 0 Å². The zero-order chi connectivity index (χ0) is 10.0. The molecule has 0 radical (unpaired) electrons. The Balaban J connectivity index is 3.22. The average Bonchev–Trinajstić information content (AvgIpc) is 2.09. The van der Waals surface area contributed by atoms with E-state index in [2.05, 4.69) is 4.98 Å². The van der Waals surface area contributed by atoms with E-state index in [-0.39, 0.29) is 23.0 Å². The minimum absolute atomic E-state index is 0.0306. The van der Waals surface area contributed by atoms with Gasteiger partial charge in [0, 0.05) is 0 Å². The number of pyridine rings is 1. The predicted molar refractivity (Wildman–Crippen MR) is 44.8 cm³/mol. The summed E-state index contributed by atoms with van der Waals surface area (Å²) in [5.41, 5.74) is 4.60. The first-order chi connectivity index (χ1) is 6.06. The van der Waals surface area contributed by atoms with Crippen LogP contribution in [0.1, 0.15) is 17.8 Å². The number of hydrogen-bond donors (Lipinski definition) is 2. The van der Waals surface area contributed by atoms with E-state index in [0.29, 0.717) is 0 Å². The van der Waals surface area contributed by atoms with Crippen LogP contribution < -0.4 is 5.73 Å². The summed E-state index contributed by atoms with van der Waals surface area (Å²) in [6.45, 7) is 0. The standard InChI is InChI=1S/C7H7ClF2N2O/c8-2-5-6(13)3(11)1-4(12-5)7(9)10/h1,7,13H,2H2,(H2,11,12). The molecule has 0 aromatic carbocycles. The molecule has 3 nitrogen and oxygen atoms in total. The Bertz CT molecular complexity index is 320. The van der Waals surface area contributed by atoms with E-state index in [0.717, 1.165) is 6.07 Å². The molecule has 0 unspecified atom stereocenters. The van der Waals surface area contributed by atoms with E-state index in [1.54, 1.807) is 0 Å². The van der Waals surface area contributed by atoms with E-state index in [1.807, 2.05) is 0 Å². The van der Waals surface area contributed by atoms with Crippen molar-refractivity contribution in [1.29, 1.82) is 0 Å². The first-order valence-corrected chi connectivity index (χ1v) is 3.92. The van der Waals surface area contributed by atoms with Crippen molar-refractivity contribution in [2.24, 2.45) is 0 Å². The molecule has 0 atom stereocenters. The fourth-order valence-electron chi connectivity index (χ4n) is 0.840. The largest absolute Gasteiger partial charge is 0.504 e. The van der Waals surface area contributed by atoms with Crippen molar-refractivity contribution in [3.8, 4) is 5.75 Å². The molecular formula is C7H7ClF2N2O. The van der Waals surface area contributed by atoms with E-state index in [1.165, 1.54) is 0 Å². The summed E-state index contributed by atoms with van der Waals surface area (Å²) in [5.74, 6) is -0.490. The van der Waals surface area contributed by atoms with Gasteiger partial charge in [0.25, 0.3) is 6.43 Å². The Morgan fingerprint density at radius 1 is 1.62 bits per heavy atom. The third-order valence-corrected chi connectivity index (χ3v) is 1.72. The van der Waals surface area contributed by atoms with Gasteiger partial charge in [0.15, 0.2) is 5.75 Å². The van der Waals surface area contributed by atoms with Crippen molar-refractivity contribution in [3.63, 3.8) is 0 Å². The number of nitrogens with zero attached hydrogens (tertiary/aromatic N) is 1. The van der Waals surface area contributed by atoms with Gasteiger partial charge in [-0.25, -0.2) is 13.8 Å². The van der Waals surface area contributed by atoms with Gasteiger partial charge in [0.1, 0.15) is 5.69 Å². The summed E-state index contributed by atoms with van der Waals surface area (Å²) in [4.78, 5) is 3.44. The molecule has 0 spiro atoms. The molecule has 0 bridgehead atoms. The van der Waals surface area contributed by atoms with Crippen LogP contribution in [-0.4, -0.2) is 10.1 Å². The van der Waals surface area contributed by atoms with Crippen molar-refractivity contribution >= 4 is 17.3 Å². The Morgan fingerprint density at radius 2 is 2.23 bits per heavy atom. The number of hydrogen-bond acceptors (Lipinski definition) is 3. The highest BCUT2D eigenvalue weighted by molar-refractivity contribution is 6.17. The van der Waals surface area contributed by atoms with Gasteiger partial charge in [-0.05, 0) is 6.07 Å². The molecule has 6 heteroatoms. The van der Waals surface area contributed by atoms with Crippen LogP contribution >= 0.6 is 11.6 Å². The van der Waals surface area contributed by atoms with Crippen LogP contribution in [0.4, 0.5) is 14.5 Å². The molecule has 0 fully saturated rings. The van der Waals surface area contributed by atoms with Crippen LogP contribution in [0.15, 0.2) is 6.07 Å². The van der Waals surface area contributed by atoms with Gasteiger partial charge in [0.05, 0.1) is 17.3 Å². The summed E-state index contributed by atoms with van der Waals surface area (Å²) in [5, 5.41) is 9.19. The Hall–Kier alpha value is -1.10. The number of nitrogen functional groups attached to an aromatic ring is 1. The highest BCUT2D eigenvalue weighted by Crippen LogP contribution is 2.29. The summed E-state index contributed by atoms with van der Waals surface area (Å²) in [7, 11) is 0. The number of anilines is 1. The summed E-state index contributed by atoms with van der Waals surface area (Å²) in [6, 6.07) is 0.927. The fraction of sp³-hybridized carbons (Fsp3) is 0.286. The SMILES string of the molecule is Nc1cc(C(F)F)nc(CCl)c1O. The topological polar surface area (TPSA) is 59.1 Å². The minimum atomic E-state index is -2.72. The van der Waals surface area contributed by atoms with Crippen LogP contribution in [0.5, 0.6) is 5.75 Å². The molecular weight excluding hydrogens is 202 g/mol. The monoisotopic (exact) mass is 208 g/mol. The molecule has 0 saturated carbocycles. The molecule has 13 heavy (non-hydrogen) atoms. The Labute approximate surface area is 78.1 Å². The second-order valence-electron chi connectivity index (χ2n) is 2.37. The Kier molecular flexibility index (Phi) is 2.87. The van der Waals surface area contributed by atoms with Gasteiger partial charge in [-0.3, -0.25) is 0 Å². The highest BCUT2D eigenvalue weighted by Gasteiger charge is 2.14. The van der Waals surface area contributed by atoms with Crippen molar-refractivity contribution in [2.45, 2.75) is 12.3 Å². The maximum atomic E-state index is 12.2. The van der Waals surface area contributed by atoms with Crippen molar-refractivity contribution in [2.75, 3.05) is 5.73 Å². The van der Waals surface area contributed by atoms with E-state index in [9.17, 15) is 13.9 Å². The zero-order valence-electron chi connectivity index (χ0n) is 6.47. The number of aromatic nitrogens is 1. The molecule has 0 aliphatic carbocycles. The summed E-state index contributed by atoms with van der Waals surface area (Å²) >= 11 is 5.36. The molecule has 0 aliphatic rings. The molecule has 1 heterocycles. The van der Waals surface area contributed by atoms with Crippen LogP contribution in [0.3, 0.4) is 0 Å². The van der Waals surface area contributed by atoms with Gasteiger partial charge in [-0.2, -0.15) is 0 Å². The number of alkyl halides is 3. The van der Waals surface area contributed by atoms with Gasteiger partial charge < -0.3 is 10.8 Å². The zero-order valence-corrected chi connectivity index (χ0v) is 7.22. The third-order valence-electron chi connectivity index (χ3n) is 1.46. The second kappa shape index (κ2) is 3.74. The average molecular weight is 209 g/mol. The lowest BCUT2D eigenvalue weighted by atomic mass is 10.2. The van der Waals surface area contributed by atoms with Gasteiger partial charge in [-0.1, -0.05) is 0 Å². The summed E-state index contributed by atoms with van der Waals surface area (Å²) in [6.07, 6.45) is -2.72. The smallest absolute Gasteiger partial charge is 0.280 e. The molecule has 72 valence electrons. The van der Waals surface area contributed by atoms with Crippen LogP contribution in [0.25, 0.3) is 0 Å². The quantitative estimate of drug-likeness (QED) is 0.732. The van der Waals surface area contributed by atoms with Crippen molar-refractivity contribution in [3.05, 3.63) is 17.5 Å². The lowest BCUT2D eigenvalue weighted by Crippen LogP contribution is -1.99. The van der Waals surface area contributed by atoms with E-state index >= 15 is 0 Å². The lowest BCUT2D eigenvalue weighted by Gasteiger charge is -2.06. The van der Waals surface area contributed by atoms with Crippen LogP contribution in [0.2, 0.25) is 0 Å². The molecule has 1 aromatic rings. The maximum Gasteiger partial charge on any atom is 0.280 e. The number of halogens is 3. The molecule has 0 aliphatic heterocycles. The molecule has 3 N–H and O–H groups in total. The Morgan fingerprint density at radius 3 is 2.69 bits per heavy atom. The van der Waals surface area contributed by atoms with Gasteiger partial charge in [-0.15, -0.1) is 11.6 Å². The van der Waals surface area contributed by atoms with Gasteiger partial charge in [0.2, 0.25) is 0 Å². The minimum Gasteiger partial charge on any atom is -0.504 e. The molecule has 1 aromatic heterocycles. The normalized spacial score (nSPS) is 10.8. The van der Waals surface area contributed by atoms with E-state index < -0.39 is 12.1 Å².